The molecule has 0 aliphatic rings. The second kappa shape index (κ2) is 5.46. The van der Waals surface area contributed by atoms with E-state index in [1.807, 2.05) is 59.2 Å². The zero-order valence-electron chi connectivity index (χ0n) is 11.0. The predicted octanol–water partition coefficient (Wildman–Crippen LogP) is 4.38. The first-order valence-corrected chi connectivity index (χ1v) is 6.81. The molecule has 0 saturated heterocycles. The van der Waals surface area contributed by atoms with Crippen LogP contribution < -0.4 is 0 Å². The summed E-state index contributed by atoms with van der Waals surface area (Å²) in [6.07, 6.45) is 2.63. The average molecular weight is 298 g/mol. The first-order chi connectivity index (χ1) is 10.2. The number of aromatic nitrogens is 1. The van der Waals surface area contributed by atoms with Crippen LogP contribution in [-0.4, -0.2) is 15.6 Å². The Morgan fingerprint density at radius 1 is 1.05 bits per heavy atom. The lowest BCUT2D eigenvalue weighted by Gasteiger charge is -2.06. The molecule has 0 unspecified atom stereocenters. The van der Waals surface area contributed by atoms with Crippen molar-refractivity contribution in [2.75, 3.05) is 0 Å². The highest BCUT2D eigenvalue weighted by Gasteiger charge is 2.14. The lowest BCUT2D eigenvalue weighted by atomic mass is 10.1. The summed E-state index contributed by atoms with van der Waals surface area (Å²) in [5.74, 6) is -0.998. The van der Waals surface area contributed by atoms with Gasteiger partial charge in [0.2, 0.25) is 0 Å². The number of rotatable bonds is 3. The van der Waals surface area contributed by atoms with Gasteiger partial charge in [0.25, 0.3) is 0 Å². The minimum atomic E-state index is -0.998. The van der Waals surface area contributed by atoms with E-state index in [1.54, 1.807) is 0 Å². The Hall–Kier alpha value is -2.52. The van der Waals surface area contributed by atoms with Gasteiger partial charge in [0, 0.05) is 22.7 Å². The number of nitrogens with zero attached hydrogens (tertiary/aromatic N) is 1. The molecule has 3 rings (SSSR count). The van der Waals surface area contributed by atoms with Gasteiger partial charge in [-0.3, -0.25) is 4.57 Å². The predicted molar refractivity (Wildman–Crippen MR) is 85.0 cm³/mol. The van der Waals surface area contributed by atoms with Gasteiger partial charge >= 0.3 is 5.97 Å². The largest absolute Gasteiger partial charge is 0.478 e. The lowest BCUT2D eigenvalue weighted by molar-refractivity contribution is -0.131. The van der Waals surface area contributed by atoms with E-state index in [1.165, 1.54) is 6.08 Å². The number of carboxylic acid groups (broad SMARTS) is 1. The topological polar surface area (TPSA) is 42.2 Å². The number of carboxylic acids is 1. The Bertz CT molecular complexity index is 835. The molecule has 0 fully saturated rings. The molecular weight excluding hydrogens is 286 g/mol. The molecule has 1 heterocycles. The van der Waals surface area contributed by atoms with Gasteiger partial charge in [-0.2, -0.15) is 0 Å². The van der Waals surface area contributed by atoms with Crippen molar-refractivity contribution in [3.8, 4) is 5.69 Å². The number of hydrogen-bond donors (Lipinski definition) is 1. The van der Waals surface area contributed by atoms with Crippen molar-refractivity contribution in [3.05, 3.63) is 71.4 Å². The van der Waals surface area contributed by atoms with Gasteiger partial charge in [-0.05, 0) is 24.3 Å². The van der Waals surface area contributed by atoms with E-state index < -0.39 is 5.97 Å². The van der Waals surface area contributed by atoms with Gasteiger partial charge in [-0.1, -0.05) is 48.0 Å². The first kappa shape index (κ1) is 13.5. The van der Waals surface area contributed by atoms with Gasteiger partial charge in [0.05, 0.1) is 5.52 Å². The zero-order chi connectivity index (χ0) is 14.8. The molecule has 0 aliphatic carbocycles. The maximum absolute atomic E-state index is 10.8. The van der Waals surface area contributed by atoms with Crippen molar-refractivity contribution >= 4 is 34.5 Å². The number of hydrogen-bond acceptors (Lipinski definition) is 1. The van der Waals surface area contributed by atoms with Crippen molar-refractivity contribution < 1.29 is 9.90 Å². The molecule has 21 heavy (non-hydrogen) atoms. The van der Waals surface area contributed by atoms with Crippen molar-refractivity contribution in [1.29, 1.82) is 0 Å². The molecule has 2 aromatic carbocycles. The summed E-state index contributed by atoms with van der Waals surface area (Å²) in [5, 5.41) is 10.2. The van der Waals surface area contributed by atoms with E-state index in [0.29, 0.717) is 10.7 Å². The smallest absolute Gasteiger partial charge is 0.328 e. The molecule has 0 atom stereocenters. The van der Waals surface area contributed by atoms with Crippen LogP contribution in [0.1, 0.15) is 5.56 Å². The van der Waals surface area contributed by atoms with Crippen LogP contribution in [0.5, 0.6) is 0 Å². The van der Waals surface area contributed by atoms with Gasteiger partial charge in [-0.15, -0.1) is 0 Å². The Morgan fingerprint density at radius 3 is 2.43 bits per heavy atom. The third-order valence-electron chi connectivity index (χ3n) is 3.26. The first-order valence-electron chi connectivity index (χ1n) is 6.44. The van der Waals surface area contributed by atoms with Crippen molar-refractivity contribution in [3.63, 3.8) is 0 Å². The molecule has 3 nitrogen and oxygen atoms in total. The maximum atomic E-state index is 10.8. The standard InChI is InChI=1S/C17H12ClNO2/c18-17-14(10-11-16(20)21)13-8-4-5-9-15(13)19(17)12-6-2-1-3-7-12/h1-11H,(H,20,21)/b11-10+. The molecule has 0 radical (unpaired) electrons. The van der Waals surface area contributed by atoms with Crippen LogP contribution in [-0.2, 0) is 4.79 Å². The van der Waals surface area contributed by atoms with E-state index in [2.05, 4.69) is 0 Å². The van der Waals surface area contributed by atoms with Gasteiger partial charge in [0.15, 0.2) is 0 Å². The molecule has 1 N–H and O–H groups in total. The minimum absolute atomic E-state index is 0.500. The van der Waals surface area contributed by atoms with Crippen LogP contribution in [0.4, 0.5) is 0 Å². The van der Waals surface area contributed by atoms with Crippen LogP contribution in [0.2, 0.25) is 5.15 Å². The monoisotopic (exact) mass is 297 g/mol. The van der Waals surface area contributed by atoms with Gasteiger partial charge in [-0.25, -0.2) is 4.79 Å². The zero-order valence-corrected chi connectivity index (χ0v) is 11.8. The van der Waals surface area contributed by atoms with E-state index >= 15 is 0 Å². The van der Waals surface area contributed by atoms with E-state index in [4.69, 9.17) is 16.7 Å². The Kier molecular flexibility index (Phi) is 3.50. The molecule has 4 heteroatoms. The highest BCUT2D eigenvalue weighted by molar-refractivity contribution is 6.33. The fraction of sp³-hybridized carbons (Fsp3) is 0. The molecule has 0 amide bonds. The molecule has 0 aliphatic heterocycles. The molecular formula is C17H12ClNO2. The Morgan fingerprint density at radius 2 is 1.71 bits per heavy atom. The van der Waals surface area contributed by atoms with Crippen LogP contribution in [0.15, 0.2) is 60.7 Å². The van der Waals surface area contributed by atoms with Crippen molar-refractivity contribution in [2.45, 2.75) is 0 Å². The van der Waals surface area contributed by atoms with E-state index in [9.17, 15) is 4.79 Å². The summed E-state index contributed by atoms with van der Waals surface area (Å²) < 4.78 is 1.92. The number of benzene rings is 2. The van der Waals surface area contributed by atoms with Gasteiger partial charge in [0.1, 0.15) is 5.15 Å². The van der Waals surface area contributed by atoms with E-state index in [0.717, 1.165) is 22.7 Å². The van der Waals surface area contributed by atoms with Crippen LogP contribution in [0, 0.1) is 0 Å². The molecule has 0 spiro atoms. The summed E-state index contributed by atoms with van der Waals surface area (Å²) in [4.78, 5) is 10.8. The number of halogens is 1. The van der Waals surface area contributed by atoms with Crippen LogP contribution >= 0.6 is 11.6 Å². The number of para-hydroxylation sites is 2. The lowest BCUT2D eigenvalue weighted by Crippen LogP contribution is -1.93. The number of carbonyl (C=O) groups is 1. The summed E-state index contributed by atoms with van der Waals surface area (Å²) >= 11 is 6.49. The molecule has 0 bridgehead atoms. The van der Waals surface area contributed by atoms with E-state index in [-0.39, 0.29) is 0 Å². The van der Waals surface area contributed by atoms with Crippen LogP contribution in [0.25, 0.3) is 22.7 Å². The highest BCUT2D eigenvalue weighted by Crippen LogP contribution is 2.33. The maximum Gasteiger partial charge on any atom is 0.328 e. The summed E-state index contributed by atoms with van der Waals surface area (Å²) in [5.41, 5.74) is 2.59. The third-order valence-corrected chi connectivity index (χ3v) is 3.63. The Balaban J connectivity index is 2.31. The highest BCUT2D eigenvalue weighted by atomic mass is 35.5. The fourth-order valence-corrected chi connectivity index (χ4v) is 2.73. The molecule has 0 saturated carbocycles. The number of aliphatic carboxylic acids is 1. The normalized spacial score (nSPS) is 11.3. The fourth-order valence-electron chi connectivity index (χ4n) is 2.38. The summed E-state index contributed by atoms with van der Waals surface area (Å²) in [6.45, 7) is 0. The summed E-state index contributed by atoms with van der Waals surface area (Å²) in [6, 6.07) is 17.5. The van der Waals surface area contributed by atoms with Gasteiger partial charge < -0.3 is 5.11 Å². The van der Waals surface area contributed by atoms with Crippen molar-refractivity contribution in [1.82, 2.24) is 4.57 Å². The number of fused-ring (bicyclic) bond motifs is 1. The SMILES string of the molecule is O=C(O)/C=C/c1c(Cl)n(-c2ccccc2)c2ccccc12. The van der Waals surface area contributed by atoms with Crippen molar-refractivity contribution in [2.24, 2.45) is 0 Å². The Labute approximate surface area is 126 Å². The quantitative estimate of drug-likeness (QED) is 0.729. The molecule has 3 aromatic rings. The van der Waals surface area contributed by atoms with Crippen LogP contribution in [0.3, 0.4) is 0 Å². The molecule has 104 valence electrons. The second-order valence-corrected chi connectivity index (χ2v) is 4.92. The average Bonchev–Trinajstić information content (AvgIpc) is 2.78. The second-order valence-electron chi connectivity index (χ2n) is 4.56. The molecule has 1 aromatic heterocycles. The summed E-state index contributed by atoms with van der Waals surface area (Å²) in [7, 11) is 0. The third kappa shape index (κ3) is 2.43. The minimum Gasteiger partial charge on any atom is -0.478 e.